The minimum absolute atomic E-state index is 0.283. The van der Waals surface area contributed by atoms with Gasteiger partial charge in [0.25, 0.3) is 0 Å². The van der Waals surface area contributed by atoms with Gasteiger partial charge < -0.3 is 15.4 Å². The molecule has 1 heterocycles. The van der Waals surface area contributed by atoms with Crippen LogP contribution in [0.15, 0.2) is 0 Å². The van der Waals surface area contributed by atoms with Crippen LogP contribution in [0.25, 0.3) is 0 Å². The van der Waals surface area contributed by atoms with Gasteiger partial charge in [0.15, 0.2) is 0 Å². The molecule has 2 atom stereocenters. The second kappa shape index (κ2) is 6.36. The van der Waals surface area contributed by atoms with Crippen LogP contribution in [-0.4, -0.2) is 42.6 Å². The molecule has 0 bridgehead atoms. The molecule has 17 heavy (non-hydrogen) atoms. The minimum atomic E-state index is -0.832. The lowest BCUT2D eigenvalue weighted by Crippen LogP contribution is -2.46. The van der Waals surface area contributed by atoms with E-state index in [-0.39, 0.29) is 5.97 Å². The van der Waals surface area contributed by atoms with E-state index in [1.807, 2.05) is 0 Å². The molecule has 100 valence electrons. The molecule has 2 unspecified atom stereocenters. The maximum Gasteiger partial charge on any atom is 0.325 e. The summed E-state index contributed by atoms with van der Waals surface area (Å²) in [7, 11) is 0. The van der Waals surface area contributed by atoms with Crippen molar-refractivity contribution in [2.24, 2.45) is 11.7 Å². The van der Waals surface area contributed by atoms with Gasteiger partial charge >= 0.3 is 5.97 Å². The number of esters is 1. The van der Waals surface area contributed by atoms with E-state index in [0.29, 0.717) is 13.0 Å². The fourth-order valence-electron chi connectivity index (χ4n) is 2.30. The molecule has 1 fully saturated rings. The van der Waals surface area contributed by atoms with E-state index in [0.717, 1.165) is 18.9 Å². The van der Waals surface area contributed by atoms with Crippen LogP contribution in [0.4, 0.5) is 0 Å². The summed E-state index contributed by atoms with van der Waals surface area (Å²) in [5.74, 6) is 0.527. The Morgan fingerprint density at radius 3 is 2.82 bits per heavy atom. The lowest BCUT2D eigenvalue weighted by atomic mass is 9.97. The topological polar surface area (TPSA) is 55.6 Å². The summed E-state index contributed by atoms with van der Waals surface area (Å²) in [6.07, 6.45) is 2.94. The molecular formula is C13H26N2O2. The molecule has 0 amide bonds. The fraction of sp³-hybridized carbons (Fsp3) is 0.923. The zero-order valence-corrected chi connectivity index (χ0v) is 11.4. The zero-order valence-electron chi connectivity index (χ0n) is 11.4. The predicted molar refractivity (Wildman–Crippen MR) is 68.7 cm³/mol. The second-order valence-electron chi connectivity index (χ2n) is 5.44. The van der Waals surface area contributed by atoms with Gasteiger partial charge in [-0.25, -0.2) is 0 Å². The number of carbonyl (C=O) groups excluding carboxylic acids is 1. The highest BCUT2D eigenvalue weighted by atomic mass is 16.5. The van der Waals surface area contributed by atoms with Gasteiger partial charge in [0.1, 0.15) is 5.54 Å². The summed E-state index contributed by atoms with van der Waals surface area (Å²) in [6.45, 7) is 9.65. The van der Waals surface area contributed by atoms with Gasteiger partial charge in [-0.3, -0.25) is 4.79 Å². The number of nitrogens with zero attached hydrogens (tertiary/aromatic N) is 1. The molecule has 0 radical (unpaired) electrons. The Morgan fingerprint density at radius 2 is 2.29 bits per heavy atom. The van der Waals surface area contributed by atoms with E-state index in [2.05, 4.69) is 11.8 Å². The van der Waals surface area contributed by atoms with E-state index >= 15 is 0 Å². The molecular weight excluding hydrogens is 216 g/mol. The standard InChI is InChI=1S/C13H26N2O2/c1-4-17-12(16)13(3,14)7-5-8-15-9-6-11(2)10-15/h11H,4-10,14H2,1-3H3. The molecule has 2 N–H and O–H groups in total. The average Bonchev–Trinajstić information content (AvgIpc) is 2.64. The molecule has 1 saturated heterocycles. The van der Waals surface area contributed by atoms with Crippen LogP contribution in [0.1, 0.15) is 40.0 Å². The Balaban J connectivity index is 2.22. The molecule has 0 aliphatic carbocycles. The Labute approximate surface area is 104 Å². The third-order valence-electron chi connectivity index (χ3n) is 3.42. The van der Waals surface area contributed by atoms with Crippen LogP contribution in [0.3, 0.4) is 0 Å². The lowest BCUT2D eigenvalue weighted by Gasteiger charge is -2.23. The number of hydrogen-bond donors (Lipinski definition) is 1. The van der Waals surface area contributed by atoms with E-state index in [4.69, 9.17) is 10.5 Å². The van der Waals surface area contributed by atoms with Gasteiger partial charge in [-0.1, -0.05) is 6.92 Å². The summed E-state index contributed by atoms with van der Waals surface area (Å²) >= 11 is 0. The van der Waals surface area contributed by atoms with Crippen LogP contribution in [-0.2, 0) is 9.53 Å². The number of rotatable bonds is 6. The van der Waals surface area contributed by atoms with E-state index in [1.54, 1.807) is 13.8 Å². The third kappa shape index (κ3) is 4.64. The molecule has 1 aliphatic rings. The molecule has 0 aromatic heterocycles. The van der Waals surface area contributed by atoms with E-state index < -0.39 is 5.54 Å². The number of likely N-dealkylation sites (tertiary alicyclic amines) is 1. The molecule has 4 heteroatoms. The van der Waals surface area contributed by atoms with Crippen molar-refractivity contribution in [2.45, 2.75) is 45.6 Å². The van der Waals surface area contributed by atoms with Gasteiger partial charge in [-0.05, 0) is 52.1 Å². The van der Waals surface area contributed by atoms with Gasteiger partial charge in [0.2, 0.25) is 0 Å². The molecule has 4 nitrogen and oxygen atoms in total. The smallest absolute Gasteiger partial charge is 0.325 e. The van der Waals surface area contributed by atoms with Crippen LogP contribution in [0, 0.1) is 5.92 Å². The van der Waals surface area contributed by atoms with E-state index in [9.17, 15) is 4.79 Å². The largest absolute Gasteiger partial charge is 0.465 e. The van der Waals surface area contributed by atoms with Gasteiger partial charge in [-0.2, -0.15) is 0 Å². The van der Waals surface area contributed by atoms with Crippen molar-refractivity contribution in [3.05, 3.63) is 0 Å². The molecule has 0 saturated carbocycles. The average molecular weight is 242 g/mol. The molecule has 1 aliphatic heterocycles. The van der Waals surface area contributed by atoms with Crippen LogP contribution < -0.4 is 5.73 Å². The minimum Gasteiger partial charge on any atom is -0.465 e. The van der Waals surface area contributed by atoms with Crippen LogP contribution in [0.5, 0.6) is 0 Å². The maximum absolute atomic E-state index is 11.6. The van der Waals surface area contributed by atoms with Gasteiger partial charge in [-0.15, -0.1) is 0 Å². The van der Waals surface area contributed by atoms with Crippen LogP contribution >= 0.6 is 0 Å². The predicted octanol–water partition coefficient (Wildman–Crippen LogP) is 1.39. The van der Waals surface area contributed by atoms with Gasteiger partial charge in [0.05, 0.1) is 6.61 Å². The van der Waals surface area contributed by atoms with Crippen molar-refractivity contribution in [1.29, 1.82) is 0 Å². The second-order valence-corrected chi connectivity index (χ2v) is 5.44. The van der Waals surface area contributed by atoms with Crippen molar-refractivity contribution in [2.75, 3.05) is 26.2 Å². The van der Waals surface area contributed by atoms with Crippen molar-refractivity contribution in [3.63, 3.8) is 0 Å². The van der Waals surface area contributed by atoms with Crippen molar-refractivity contribution in [1.82, 2.24) is 4.90 Å². The Morgan fingerprint density at radius 1 is 1.59 bits per heavy atom. The highest BCUT2D eigenvalue weighted by Gasteiger charge is 2.29. The normalized spacial score (nSPS) is 24.6. The third-order valence-corrected chi connectivity index (χ3v) is 3.42. The monoisotopic (exact) mass is 242 g/mol. The zero-order chi connectivity index (χ0) is 12.9. The summed E-state index contributed by atoms with van der Waals surface area (Å²) in [6, 6.07) is 0. The molecule has 0 aromatic carbocycles. The molecule has 1 rings (SSSR count). The number of nitrogens with two attached hydrogens (primary N) is 1. The molecule has 0 spiro atoms. The first-order valence-corrected chi connectivity index (χ1v) is 6.64. The summed E-state index contributed by atoms with van der Waals surface area (Å²) in [5, 5.41) is 0. The van der Waals surface area contributed by atoms with E-state index in [1.165, 1.54) is 19.5 Å². The van der Waals surface area contributed by atoms with Crippen molar-refractivity contribution < 1.29 is 9.53 Å². The first kappa shape index (κ1) is 14.5. The summed E-state index contributed by atoms with van der Waals surface area (Å²) < 4.78 is 4.97. The van der Waals surface area contributed by atoms with Crippen molar-refractivity contribution in [3.8, 4) is 0 Å². The number of ether oxygens (including phenoxy) is 1. The Bertz CT molecular complexity index is 254. The highest BCUT2D eigenvalue weighted by molar-refractivity contribution is 5.79. The highest BCUT2D eigenvalue weighted by Crippen LogP contribution is 2.17. The Hall–Kier alpha value is -0.610. The van der Waals surface area contributed by atoms with Crippen LogP contribution in [0.2, 0.25) is 0 Å². The summed E-state index contributed by atoms with van der Waals surface area (Å²) in [5.41, 5.74) is 5.13. The first-order chi connectivity index (χ1) is 7.95. The maximum atomic E-state index is 11.6. The van der Waals surface area contributed by atoms with Crippen molar-refractivity contribution >= 4 is 5.97 Å². The first-order valence-electron chi connectivity index (χ1n) is 6.64. The number of carbonyl (C=O) groups is 1. The Kier molecular flexibility index (Phi) is 5.40. The van der Waals surface area contributed by atoms with Gasteiger partial charge in [0, 0.05) is 6.54 Å². The number of hydrogen-bond acceptors (Lipinski definition) is 4. The molecule has 0 aromatic rings. The quantitative estimate of drug-likeness (QED) is 0.715. The fourth-order valence-corrected chi connectivity index (χ4v) is 2.30. The SMILES string of the molecule is CCOC(=O)C(C)(N)CCCN1CCC(C)C1. The summed E-state index contributed by atoms with van der Waals surface area (Å²) in [4.78, 5) is 14.0. The lowest BCUT2D eigenvalue weighted by molar-refractivity contribution is -0.149.